The van der Waals surface area contributed by atoms with E-state index in [4.69, 9.17) is 9.26 Å². The highest BCUT2D eigenvalue weighted by atomic mass is 16.5. The first-order chi connectivity index (χ1) is 9.17. The van der Waals surface area contributed by atoms with Crippen LogP contribution in [0.15, 0.2) is 34.9 Å². The first kappa shape index (κ1) is 12.8. The summed E-state index contributed by atoms with van der Waals surface area (Å²) in [5.74, 6) is 1.04. The van der Waals surface area contributed by atoms with E-state index in [1.165, 1.54) is 0 Å². The SMILES string of the molecule is Cc1cc(NC(=O)COc2cccc(C=O)c2)no1. The van der Waals surface area contributed by atoms with Crippen LogP contribution >= 0.6 is 0 Å². The van der Waals surface area contributed by atoms with Gasteiger partial charge >= 0.3 is 0 Å². The molecule has 0 aliphatic rings. The van der Waals surface area contributed by atoms with E-state index in [-0.39, 0.29) is 12.5 Å². The molecule has 1 aromatic carbocycles. The molecule has 6 heteroatoms. The zero-order chi connectivity index (χ0) is 13.7. The Morgan fingerprint density at radius 3 is 3.00 bits per heavy atom. The lowest BCUT2D eigenvalue weighted by molar-refractivity contribution is -0.118. The average Bonchev–Trinajstić information content (AvgIpc) is 2.82. The lowest BCUT2D eigenvalue weighted by atomic mass is 10.2. The number of aromatic nitrogens is 1. The van der Waals surface area contributed by atoms with Crippen LogP contribution < -0.4 is 10.1 Å². The Morgan fingerprint density at radius 2 is 2.32 bits per heavy atom. The van der Waals surface area contributed by atoms with Gasteiger partial charge in [0.2, 0.25) is 0 Å². The predicted molar refractivity (Wildman–Crippen MR) is 67.2 cm³/mol. The summed E-state index contributed by atoms with van der Waals surface area (Å²) in [6, 6.07) is 8.15. The van der Waals surface area contributed by atoms with Crippen LogP contribution in [0.1, 0.15) is 16.1 Å². The monoisotopic (exact) mass is 260 g/mol. The predicted octanol–water partition coefficient (Wildman–Crippen LogP) is 1.81. The number of rotatable bonds is 5. The molecule has 0 aliphatic heterocycles. The molecule has 0 fully saturated rings. The normalized spacial score (nSPS) is 9.95. The van der Waals surface area contributed by atoms with E-state index in [0.29, 0.717) is 29.2 Å². The Labute approximate surface area is 109 Å². The first-order valence-electron chi connectivity index (χ1n) is 5.58. The maximum absolute atomic E-state index is 11.6. The highest BCUT2D eigenvalue weighted by molar-refractivity contribution is 5.90. The van der Waals surface area contributed by atoms with Crippen molar-refractivity contribution in [2.24, 2.45) is 0 Å². The number of amides is 1. The van der Waals surface area contributed by atoms with E-state index in [1.54, 1.807) is 37.3 Å². The summed E-state index contributed by atoms with van der Waals surface area (Å²) in [6.07, 6.45) is 0.713. The van der Waals surface area contributed by atoms with Crippen LogP contribution in [0.2, 0.25) is 0 Å². The Balaban J connectivity index is 1.87. The van der Waals surface area contributed by atoms with Crippen molar-refractivity contribution in [2.45, 2.75) is 6.92 Å². The molecule has 6 nitrogen and oxygen atoms in total. The number of aldehydes is 1. The number of nitrogens with one attached hydrogen (secondary N) is 1. The van der Waals surface area contributed by atoms with Crippen LogP contribution in [0.3, 0.4) is 0 Å². The summed E-state index contributed by atoms with van der Waals surface area (Å²) in [4.78, 5) is 22.1. The number of anilines is 1. The first-order valence-corrected chi connectivity index (χ1v) is 5.58. The molecule has 0 unspecified atom stereocenters. The van der Waals surface area contributed by atoms with Gasteiger partial charge in [-0.3, -0.25) is 9.59 Å². The van der Waals surface area contributed by atoms with Crippen molar-refractivity contribution >= 4 is 18.0 Å². The molecule has 98 valence electrons. The number of hydrogen-bond acceptors (Lipinski definition) is 5. The standard InChI is InChI=1S/C13H12N2O4/c1-9-5-12(15-19-9)14-13(17)8-18-11-4-2-3-10(6-11)7-16/h2-7H,8H2,1H3,(H,14,15,17). The second-order valence-electron chi connectivity index (χ2n) is 3.85. The summed E-state index contributed by atoms with van der Waals surface area (Å²) in [5.41, 5.74) is 0.491. The quantitative estimate of drug-likeness (QED) is 0.829. The van der Waals surface area contributed by atoms with Crippen LogP contribution in [-0.2, 0) is 4.79 Å². The molecule has 0 aliphatic carbocycles. The third-order valence-electron chi connectivity index (χ3n) is 2.26. The van der Waals surface area contributed by atoms with E-state index in [0.717, 1.165) is 0 Å². The number of ether oxygens (including phenoxy) is 1. The molecule has 19 heavy (non-hydrogen) atoms. The lowest BCUT2D eigenvalue weighted by Crippen LogP contribution is -2.20. The Morgan fingerprint density at radius 1 is 1.47 bits per heavy atom. The van der Waals surface area contributed by atoms with Crippen LogP contribution in [0, 0.1) is 6.92 Å². The fourth-order valence-electron chi connectivity index (χ4n) is 1.43. The summed E-state index contributed by atoms with van der Waals surface area (Å²) < 4.78 is 10.1. The van der Waals surface area contributed by atoms with Gasteiger partial charge in [0, 0.05) is 11.6 Å². The average molecular weight is 260 g/mol. The lowest BCUT2D eigenvalue weighted by Gasteiger charge is -2.05. The molecule has 1 amide bonds. The molecule has 0 bridgehead atoms. The van der Waals surface area contributed by atoms with Crippen molar-refractivity contribution in [1.29, 1.82) is 0 Å². The molecular formula is C13H12N2O4. The van der Waals surface area contributed by atoms with Crippen molar-refractivity contribution in [2.75, 3.05) is 11.9 Å². The second kappa shape index (κ2) is 5.81. The molecule has 0 saturated heterocycles. The van der Waals surface area contributed by atoms with Gasteiger partial charge in [0.25, 0.3) is 5.91 Å². The van der Waals surface area contributed by atoms with Crippen molar-refractivity contribution in [1.82, 2.24) is 5.16 Å². The zero-order valence-electron chi connectivity index (χ0n) is 10.3. The number of carbonyl (C=O) groups excluding carboxylic acids is 2. The molecule has 2 aromatic rings. The third-order valence-corrected chi connectivity index (χ3v) is 2.26. The number of hydrogen-bond donors (Lipinski definition) is 1. The maximum atomic E-state index is 11.6. The van der Waals surface area contributed by atoms with Gasteiger partial charge in [-0.25, -0.2) is 0 Å². The molecule has 0 saturated carbocycles. The van der Waals surface area contributed by atoms with Gasteiger partial charge in [0.1, 0.15) is 17.8 Å². The fourth-order valence-corrected chi connectivity index (χ4v) is 1.43. The van der Waals surface area contributed by atoms with Crippen molar-refractivity contribution in [3.8, 4) is 5.75 Å². The van der Waals surface area contributed by atoms with Gasteiger partial charge in [0.15, 0.2) is 12.4 Å². The molecule has 0 atom stereocenters. The van der Waals surface area contributed by atoms with Gasteiger partial charge in [-0.05, 0) is 19.1 Å². The largest absolute Gasteiger partial charge is 0.484 e. The molecular weight excluding hydrogens is 248 g/mol. The highest BCUT2D eigenvalue weighted by Gasteiger charge is 2.07. The summed E-state index contributed by atoms with van der Waals surface area (Å²) in [6.45, 7) is 1.55. The fraction of sp³-hybridized carbons (Fsp3) is 0.154. The van der Waals surface area contributed by atoms with Crippen LogP contribution in [0.5, 0.6) is 5.75 Å². The van der Waals surface area contributed by atoms with Gasteiger partial charge < -0.3 is 14.6 Å². The third kappa shape index (κ3) is 3.67. The topological polar surface area (TPSA) is 81.4 Å². The van der Waals surface area contributed by atoms with E-state index >= 15 is 0 Å². The van der Waals surface area contributed by atoms with Crippen molar-refractivity contribution < 1.29 is 18.8 Å². The molecule has 1 N–H and O–H groups in total. The van der Waals surface area contributed by atoms with E-state index < -0.39 is 0 Å². The summed E-state index contributed by atoms with van der Waals surface area (Å²) in [5, 5.41) is 6.15. The van der Waals surface area contributed by atoms with Gasteiger partial charge in [-0.1, -0.05) is 17.3 Å². The number of nitrogens with zero attached hydrogens (tertiary/aromatic N) is 1. The minimum atomic E-state index is -0.357. The van der Waals surface area contributed by atoms with Crippen LogP contribution in [-0.4, -0.2) is 24.0 Å². The van der Waals surface area contributed by atoms with Crippen molar-refractivity contribution in [3.63, 3.8) is 0 Å². The van der Waals surface area contributed by atoms with Gasteiger partial charge in [-0.2, -0.15) is 0 Å². The van der Waals surface area contributed by atoms with E-state index in [1.807, 2.05) is 0 Å². The smallest absolute Gasteiger partial charge is 0.263 e. The molecule has 1 heterocycles. The summed E-state index contributed by atoms with van der Waals surface area (Å²) in [7, 11) is 0. The van der Waals surface area contributed by atoms with Gasteiger partial charge in [-0.15, -0.1) is 0 Å². The second-order valence-corrected chi connectivity index (χ2v) is 3.85. The maximum Gasteiger partial charge on any atom is 0.263 e. The molecule has 1 aromatic heterocycles. The Bertz CT molecular complexity index is 592. The molecule has 0 spiro atoms. The van der Waals surface area contributed by atoms with Crippen LogP contribution in [0.25, 0.3) is 0 Å². The summed E-state index contributed by atoms with van der Waals surface area (Å²) >= 11 is 0. The zero-order valence-corrected chi connectivity index (χ0v) is 10.3. The Kier molecular flexibility index (Phi) is 3.92. The van der Waals surface area contributed by atoms with Gasteiger partial charge in [0.05, 0.1) is 0 Å². The molecule has 2 rings (SSSR count). The minimum absolute atomic E-state index is 0.172. The van der Waals surface area contributed by atoms with E-state index in [9.17, 15) is 9.59 Å². The minimum Gasteiger partial charge on any atom is -0.484 e. The van der Waals surface area contributed by atoms with Crippen LogP contribution in [0.4, 0.5) is 5.82 Å². The number of benzene rings is 1. The number of carbonyl (C=O) groups is 2. The van der Waals surface area contributed by atoms with Crippen molar-refractivity contribution in [3.05, 3.63) is 41.7 Å². The highest BCUT2D eigenvalue weighted by Crippen LogP contribution is 2.12. The van der Waals surface area contributed by atoms with E-state index in [2.05, 4.69) is 10.5 Å². The molecule has 0 radical (unpaired) electrons. The number of aryl methyl sites for hydroxylation is 1. The Hall–Kier alpha value is -2.63.